The molecule has 28 heavy (non-hydrogen) atoms. The van der Waals surface area contributed by atoms with Gasteiger partial charge in [0.25, 0.3) is 5.56 Å². The van der Waals surface area contributed by atoms with Gasteiger partial charge in [-0.25, -0.2) is 4.79 Å². The van der Waals surface area contributed by atoms with E-state index < -0.39 is 11.2 Å². The summed E-state index contributed by atoms with van der Waals surface area (Å²) in [5.74, 6) is 0.575. The summed E-state index contributed by atoms with van der Waals surface area (Å²) in [6, 6.07) is 13.8. The number of nitriles is 1. The third kappa shape index (κ3) is 4.63. The normalized spacial score (nSPS) is 10.5. The number of aromatic amines is 1. The zero-order valence-electron chi connectivity index (χ0n) is 14.6. The fourth-order valence-electron chi connectivity index (χ4n) is 2.73. The predicted octanol–water partition coefficient (Wildman–Crippen LogP) is 3.38. The Morgan fingerprint density at radius 2 is 1.96 bits per heavy atom. The molecule has 3 aromatic rings. The van der Waals surface area contributed by atoms with Crippen molar-refractivity contribution in [1.29, 1.82) is 5.26 Å². The number of hydrogen-bond donors (Lipinski definition) is 1. The van der Waals surface area contributed by atoms with Gasteiger partial charge >= 0.3 is 5.69 Å². The number of H-pyrrole nitrogens is 1. The summed E-state index contributed by atoms with van der Waals surface area (Å²) in [5, 5.41) is 10.4. The lowest BCUT2D eigenvalue weighted by Gasteiger charge is -2.14. The molecule has 0 unspecified atom stereocenters. The van der Waals surface area contributed by atoms with Gasteiger partial charge in [-0.05, 0) is 35.9 Å². The summed E-state index contributed by atoms with van der Waals surface area (Å²) < 4.78 is 7.18. The maximum absolute atomic E-state index is 11.7. The maximum Gasteiger partial charge on any atom is 0.328 e. The molecule has 0 atom stereocenters. The molecule has 0 fully saturated rings. The van der Waals surface area contributed by atoms with Gasteiger partial charge in [0.2, 0.25) is 0 Å². The Kier molecular flexibility index (Phi) is 6.19. The fraction of sp³-hybridized carbons (Fsp3) is 0.150. The second-order valence-corrected chi connectivity index (χ2v) is 6.80. The van der Waals surface area contributed by atoms with Crippen molar-refractivity contribution in [2.45, 2.75) is 13.0 Å². The van der Waals surface area contributed by atoms with Crippen LogP contribution < -0.4 is 16.0 Å². The molecule has 3 rings (SSSR count). The summed E-state index contributed by atoms with van der Waals surface area (Å²) >= 11 is 12.4. The average Bonchev–Trinajstić information content (AvgIpc) is 2.66. The topological polar surface area (TPSA) is 87.9 Å². The monoisotopic (exact) mass is 415 g/mol. The van der Waals surface area contributed by atoms with E-state index in [0.717, 1.165) is 5.56 Å². The molecule has 142 valence electrons. The second kappa shape index (κ2) is 8.79. The minimum atomic E-state index is -0.498. The predicted molar refractivity (Wildman–Crippen MR) is 107 cm³/mol. The van der Waals surface area contributed by atoms with E-state index in [1.807, 2.05) is 0 Å². The Balaban J connectivity index is 1.81. The smallest absolute Gasteiger partial charge is 0.328 e. The molecule has 6 nitrogen and oxygen atoms in total. The van der Waals surface area contributed by atoms with Gasteiger partial charge in [0, 0.05) is 34.3 Å². The molecule has 0 saturated carbocycles. The molecule has 8 heteroatoms. The number of rotatable bonds is 6. The van der Waals surface area contributed by atoms with Crippen molar-refractivity contribution >= 4 is 23.2 Å². The zero-order chi connectivity index (χ0) is 20.1. The third-order valence-corrected chi connectivity index (χ3v) is 4.70. The Labute approximate surface area is 170 Å². The van der Waals surface area contributed by atoms with E-state index in [4.69, 9.17) is 27.9 Å². The molecular weight excluding hydrogens is 401 g/mol. The fourth-order valence-corrected chi connectivity index (χ4v) is 3.17. The van der Waals surface area contributed by atoms with E-state index in [-0.39, 0.29) is 13.2 Å². The standard InChI is InChI=1S/C20H15Cl2N3O3/c21-15-4-5-18(28-9-8-25-7-6-19(26)24-20(25)27)14(10-15)11-16-13(12-23)2-1-3-17(16)22/h1-7,10H,8-9,11H2,(H,24,26,27). The first-order chi connectivity index (χ1) is 13.5. The van der Waals surface area contributed by atoms with Gasteiger partial charge < -0.3 is 4.74 Å². The molecule has 2 aromatic carbocycles. The molecule has 0 amide bonds. The first-order valence-electron chi connectivity index (χ1n) is 8.36. The molecule has 0 saturated heterocycles. The van der Waals surface area contributed by atoms with Crippen molar-refractivity contribution in [3.05, 3.63) is 96.2 Å². The SMILES string of the molecule is N#Cc1cccc(Cl)c1Cc1cc(Cl)ccc1OCCn1ccc(=O)[nH]c1=O. The molecule has 0 spiro atoms. The number of nitrogens with one attached hydrogen (secondary N) is 1. The van der Waals surface area contributed by atoms with E-state index in [1.165, 1.54) is 16.8 Å². The molecule has 1 N–H and O–H groups in total. The first kappa shape index (κ1) is 19.7. The van der Waals surface area contributed by atoms with E-state index in [0.29, 0.717) is 33.3 Å². The number of benzene rings is 2. The van der Waals surface area contributed by atoms with Crippen LogP contribution in [-0.2, 0) is 13.0 Å². The van der Waals surface area contributed by atoms with Crippen LogP contribution in [0.2, 0.25) is 10.0 Å². The maximum atomic E-state index is 11.7. The van der Waals surface area contributed by atoms with E-state index in [2.05, 4.69) is 11.1 Å². The zero-order valence-corrected chi connectivity index (χ0v) is 16.1. The molecule has 0 aliphatic rings. The minimum Gasteiger partial charge on any atom is -0.491 e. The van der Waals surface area contributed by atoms with Gasteiger partial charge in [0.05, 0.1) is 18.2 Å². The van der Waals surface area contributed by atoms with Gasteiger partial charge in [0.1, 0.15) is 12.4 Å². The van der Waals surface area contributed by atoms with E-state index >= 15 is 0 Å². The van der Waals surface area contributed by atoms with Crippen LogP contribution in [0.4, 0.5) is 0 Å². The summed E-state index contributed by atoms with van der Waals surface area (Å²) in [6.45, 7) is 0.460. The largest absolute Gasteiger partial charge is 0.491 e. The van der Waals surface area contributed by atoms with Crippen LogP contribution in [0.15, 0.2) is 58.3 Å². The van der Waals surface area contributed by atoms with Crippen LogP contribution in [0.3, 0.4) is 0 Å². The van der Waals surface area contributed by atoms with Crippen molar-refractivity contribution < 1.29 is 4.74 Å². The number of aromatic nitrogens is 2. The molecule has 0 aliphatic carbocycles. The Bertz CT molecular complexity index is 1160. The molecule has 0 aliphatic heterocycles. The Morgan fingerprint density at radius 3 is 2.71 bits per heavy atom. The lowest BCUT2D eigenvalue weighted by molar-refractivity contribution is 0.293. The van der Waals surface area contributed by atoms with Gasteiger partial charge in [0.15, 0.2) is 0 Å². The number of ether oxygens (including phenoxy) is 1. The highest BCUT2D eigenvalue weighted by molar-refractivity contribution is 6.31. The van der Waals surface area contributed by atoms with Crippen LogP contribution in [0, 0.1) is 11.3 Å². The van der Waals surface area contributed by atoms with Crippen molar-refractivity contribution in [3.8, 4) is 11.8 Å². The summed E-state index contributed by atoms with van der Waals surface area (Å²) in [6.07, 6.45) is 1.79. The van der Waals surface area contributed by atoms with Crippen molar-refractivity contribution in [3.63, 3.8) is 0 Å². The van der Waals surface area contributed by atoms with Gasteiger partial charge in [-0.15, -0.1) is 0 Å². The average molecular weight is 416 g/mol. The van der Waals surface area contributed by atoms with Crippen molar-refractivity contribution in [2.75, 3.05) is 6.61 Å². The first-order valence-corrected chi connectivity index (χ1v) is 9.12. The van der Waals surface area contributed by atoms with Crippen molar-refractivity contribution in [2.24, 2.45) is 0 Å². The quantitative estimate of drug-likeness (QED) is 0.668. The minimum absolute atomic E-state index is 0.203. The molecule has 0 bridgehead atoms. The van der Waals surface area contributed by atoms with Crippen LogP contribution in [-0.4, -0.2) is 16.2 Å². The number of nitrogens with zero attached hydrogens (tertiary/aromatic N) is 2. The summed E-state index contributed by atoms with van der Waals surface area (Å²) in [7, 11) is 0. The Hall–Kier alpha value is -3.01. The van der Waals surface area contributed by atoms with E-state index in [1.54, 1.807) is 36.4 Å². The van der Waals surface area contributed by atoms with Gasteiger partial charge in [-0.2, -0.15) is 5.26 Å². The van der Waals surface area contributed by atoms with Crippen LogP contribution >= 0.6 is 23.2 Å². The van der Waals surface area contributed by atoms with Gasteiger partial charge in [-0.1, -0.05) is 29.3 Å². The molecule has 1 heterocycles. The number of halogens is 2. The molecular formula is C20H15Cl2N3O3. The highest BCUT2D eigenvalue weighted by Gasteiger charge is 2.12. The molecule has 1 aromatic heterocycles. The molecule has 0 radical (unpaired) electrons. The lowest BCUT2D eigenvalue weighted by atomic mass is 9.99. The summed E-state index contributed by atoms with van der Waals surface area (Å²) in [4.78, 5) is 25.0. The summed E-state index contributed by atoms with van der Waals surface area (Å²) in [5.41, 5.74) is 0.997. The highest BCUT2D eigenvalue weighted by atomic mass is 35.5. The van der Waals surface area contributed by atoms with E-state index in [9.17, 15) is 14.9 Å². The van der Waals surface area contributed by atoms with Gasteiger partial charge in [-0.3, -0.25) is 14.3 Å². The Morgan fingerprint density at radius 1 is 1.14 bits per heavy atom. The van der Waals surface area contributed by atoms with Crippen LogP contribution in [0.5, 0.6) is 5.75 Å². The number of hydrogen-bond acceptors (Lipinski definition) is 4. The van der Waals surface area contributed by atoms with Crippen LogP contribution in [0.25, 0.3) is 0 Å². The lowest BCUT2D eigenvalue weighted by Crippen LogP contribution is -2.30. The van der Waals surface area contributed by atoms with Crippen LogP contribution in [0.1, 0.15) is 16.7 Å². The second-order valence-electron chi connectivity index (χ2n) is 5.96. The third-order valence-electron chi connectivity index (χ3n) is 4.12. The highest BCUT2D eigenvalue weighted by Crippen LogP contribution is 2.29. The van der Waals surface area contributed by atoms with Crippen molar-refractivity contribution in [1.82, 2.24) is 9.55 Å².